The Hall–Kier alpha value is -1.84. The Bertz CT molecular complexity index is 842. The third-order valence-electron chi connectivity index (χ3n) is 9.90. The van der Waals surface area contributed by atoms with E-state index in [-0.39, 0.29) is 23.9 Å². The molecule has 0 spiro atoms. The molecule has 4 radical (unpaired) electrons. The molecule has 0 bridgehead atoms. The number of esters is 2. The van der Waals surface area contributed by atoms with E-state index in [0.29, 0.717) is 25.4 Å². The summed E-state index contributed by atoms with van der Waals surface area (Å²) in [5, 5.41) is 20.0. The SMILES string of the molecule is CCCCCCCCCCOC(=O)/C=C\C(=O)[O-].CCCCCCCCCCOC(=O)/C=C\C(=O)[O-].[CH2]CCCCCCCCCCC.[CH2]CCCCCCCCCCC.[Sn+2]. The van der Waals surface area contributed by atoms with Crippen molar-refractivity contribution >= 4 is 47.8 Å². The van der Waals surface area contributed by atoms with E-state index in [0.717, 1.165) is 63.5 Å². The summed E-state index contributed by atoms with van der Waals surface area (Å²) < 4.78 is 9.64. The maximum atomic E-state index is 11.0. The molecule has 0 atom stereocenters. The first kappa shape index (κ1) is 68.2. The van der Waals surface area contributed by atoms with E-state index in [9.17, 15) is 29.4 Å². The Balaban J connectivity index is -0.000000231. The summed E-state index contributed by atoms with van der Waals surface area (Å²) in [5.41, 5.74) is 0. The van der Waals surface area contributed by atoms with Crippen LogP contribution in [0.1, 0.15) is 259 Å². The van der Waals surface area contributed by atoms with Crippen LogP contribution in [0.5, 0.6) is 0 Å². The van der Waals surface area contributed by atoms with Crippen LogP contribution in [0.4, 0.5) is 0 Å². The van der Waals surface area contributed by atoms with Gasteiger partial charge in [0.2, 0.25) is 0 Å². The van der Waals surface area contributed by atoms with Crippen molar-refractivity contribution < 1.29 is 38.9 Å². The van der Waals surface area contributed by atoms with E-state index in [4.69, 9.17) is 9.47 Å². The molecule has 0 rings (SSSR count). The van der Waals surface area contributed by atoms with Gasteiger partial charge in [0.25, 0.3) is 0 Å². The zero-order valence-corrected chi connectivity index (χ0v) is 43.2. The number of aliphatic carboxylic acids is 2. The van der Waals surface area contributed by atoms with Crippen molar-refractivity contribution in [1.82, 2.24) is 0 Å². The summed E-state index contributed by atoms with van der Waals surface area (Å²) in [6.07, 6.45) is 49.7. The zero-order chi connectivity index (χ0) is 45.4. The maximum Gasteiger partial charge on any atom is 2.00 e. The van der Waals surface area contributed by atoms with E-state index in [1.54, 1.807) is 0 Å². The number of carboxylic acid groups (broad SMARTS) is 2. The van der Waals surface area contributed by atoms with E-state index in [1.807, 2.05) is 0 Å². The van der Waals surface area contributed by atoms with Crippen LogP contribution in [0.15, 0.2) is 24.3 Å². The topological polar surface area (TPSA) is 133 Å². The molecule has 0 N–H and O–H groups in total. The number of unbranched alkanes of at least 4 members (excludes halogenated alkanes) is 32. The van der Waals surface area contributed by atoms with Crippen molar-refractivity contribution in [2.75, 3.05) is 13.2 Å². The smallest absolute Gasteiger partial charge is 0.545 e. The molecule has 61 heavy (non-hydrogen) atoms. The molecule has 0 saturated heterocycles. The van der Waals surface area contributed by atoms with Crippen LogP contribution in [-0.4, -0.2) is 61.0 Å². The molecule has 356 valence electrons. The number of ether oxygens (including phenoxy) is 2. The summed E-state index contributed by atoms with van der Waals surface area (Å²) in [6.45, 7) is 17.3. The third-order valence-corrected chi connectivity index (χ3v) is 9.90. The van der Waals surface area contributed by atoms with Crippen LogP contribution in [-0.2, 0) is 28.7 Å². The van der Waals surface area contributed by atoms with Crippen LogP contribution >= 0.6 is 0 Å². The molecule has 0 aliphatic rings. The minimum atomic E-state index is -1.39. The van der Waals surface area contributed by atoms with Crippen molar-refractivity contribution in [3.8, 4) is 0 Å². The number of carboxylic acids is 2. The van der Waals surface area contributed by atoms with Crippen LogP contribution in [0.3, 0.4) is 0 Å². The quantitative estimate of drug-likeness (QED) is 0.0257. The zero-order valence-electron chi connectivity index (χ0n) is 40.4. The van der Waals surface area contributed by atoms with Gasteiger partial charge in [0, 0.05) is 12.2 Å². The fourth-order valence-corrected chi connectivity index (χ4v) is 6.16. The summed E-state index contributed by atoms with van der Waals surface area (Å²) in [7, 11) is 0. The van der Waals surface area contributed by atoms with E-state index in [2.05, 4.69) is 41.5 Å². The summed E-state index contributed by atoms with van der Waals surface area (Å²) in [5.74, 6) is -4.03. The molecule has 0 heterocycles. The van der Waals surface area contributed by atoms with Crippen molar-refractivity contribution in [2.24, 2.45) is 0 Å². The van der Waals surface area contributed by atoms with Gasteiger partial charge in [-0.3, -0.25) is 0 Å². The first-order valence-corrected chi connectivity index (χ1v) is 24.9. The van der Waals surface area contributed by atoms with Crippen molar-refractivity contribution in [3.63, 3.8) is 0 Å². The van der Waals surface area contributed by atoms with Crippen LogP contribution in [0.2, 0.25) is 0 Å². The van der Waals surface area contributed by atoms with Crippen molar-refractivity contribution in [2.45, 2.75) is 259 Å². The van der Waals surface area contributed by atoms with Crippen molar-refractivity contribution in [1.29, 1.82) is 0 Å². The number of hydrogen-bond acceptors (Lipinski definition) is 8. The van der Waals surface area contributed by atoms with Gasteiger partial charge in [0.15, 0.2) is 0 Å². The molecule has 0 aromatic carbocycles. The second-order valence-electron chi connectivity index (χ2n) is 16.0. The van der Waals surface area contributed by atoms with Gasteiger partial charge >= 0.3 is 35.8 Å². The maximum absolute atomic E-state index is 11.0. The fraction of sp³-hybridized carbons (Fsp3) is 0.808. The molecule has 0 saturated carbocycles. The van der Waals surface area contributed by atoms with Gasteiger partial charge < -0.3 is 29.3 Å². The molecule has 0 aromatic heterocycles. The van der Waals surface area contributed by atoms with Gasteiger partial charge in [0.05, 0.1) is 25.2 Å². The fourth-order valence-electron chi connectivity index (χ4n) is 6.16. The summed E-state index contributed by atoms with van der Waals surface area (Å²) in [4.78, 5) is 42.0. The Morgan fingerprint density at radius 1 is 0.344 bits per heavy atom. The molecule has 9 heteroatoms. The molecular weight excluding hydrogens is 871 g/mol. The first-order valence-electron chi connectivity index (χ1n) is 24.9. The Kier molecular flexibility index (Phi) is 72.4. The second-order valence-corrected chi connectivity index (χ2v) is 16.0. The van der Waals surface area contributed by atoms with Gasteiger partial charge in [-0.15, -0.1) is 0 Å². The predicted molar refractivity (Wildman–Crippen MR) is 256 cm³/mol. The number of hydrogen-bond donors (Lipinski definition) is 0. The van der Waals surface area contributed by atoms with E-state index < -0.39 is 23.9 Å². The molecule has 0 aliphatic carbocycles. The van der Waals surface area contributed by atoms with Gasteiger partial charge in [0.1, 0.15) is 0 Å². The molecule has 8 nitrogen and oxygen atoms in total. The van der Waals surface area contributed by atoms with Gasteiger partial charge in [-0.1, -0.05) is 260 Å². The predicted octanol–water partition coefficient (Wildman–Crippen LogP) is 13.1. The molecular formula is C52H96O8Sn. The Morgan fingerprint density at radius 3 is 0.738 bits per heavy atom. The Morgan fingerprint density at radius 2 is 0.541 bits per heavy atom. The van der Waals surface area contributed by atoms with Crippen LogP contribution < -0.4 is 10.2 Å². The van der Waals surface area contributed by atoms with Gasteiger partial charge in [-0.2, -0.15) is 0 Å². The second kappa shape index (κ2) is 64.8. The third kappa shape index (κ3) is 79.1. The minimum Gasteiger partial charge on any atom is -0.545 e. The molecule has 0 unspecified atom stereocenters. The standard InChI is InChI=1S/2C14H24O4.2C12H25.Sn/c2*1-2-3-4-5-6-7-8-9-12-18-14(17)11-10-13(15)16;2*1-3-5-7-9-11-12-10-8-6-4-2;/h2*10-11H,2-9,12H2,1H3,(H,15,16);2*1,3-12H2,2H3;/q;;;;+2/p-2/b2*11-10-;;;. The van der Waals surface area contributed by atoms with E-state index in [1.165, 1.54) is 180 Å². The normalized spacial score (nSPS) is 10.5. The molecule has 0 aromatic rings. The van der Waals surface area contributed by atoms with Gasteiger partial charge in [-0.05, 0) is 25.0 Å². The van der Waals surface area contributed by atoms with E-state index >= 15 is 0 Å². The average Bonchev–Trinajstić information content (AvgIpc) is 3.23. The first-order chi connectivity index (χ1) is 29.2. The Labute approximate surface area is 395 Å². The molecule has 0 aliphatic heterocycles. The number of rotatable bonds is 40. The number of carbonyl (C=O) groups is 4. The summed E-state index contributed by atoms with van der Waals surface area (Å²) >= 11 is 0. The van der Waals surface area contributed by atoms with Crippen LogP contribution in [0.25, 0.3) is 0 Å². The average molecular weight is 968 g/mol. The van der Waals surface area contributed by atoms with Crippen LogP contribution in [0, 0.1) is 13.8 Å². The molecule has 0 amide bonds. The van der Waals surface area contributed by atoms with Gasteiger partial charge in [-0.25, -0.2) is 9.59 Å². The largest absolute Gasteiger partial charge is 2.00 e. The number of carbonyl (C=O) groups excluding carboxylic acids is 4. The monoisotopic (exact) mass is 969 g/mol. The van der Waals surface area contributed by atoms with Crippen molar-refractivity contribution in [3.05, 3.63) is 38.2 Å². The molecule has 0 fully saturated rings. The minimum absolute atomic E-state index is 0. The summed E-state index contributed by atoms with van der Waals surface area (Å²) in [6, 6.07) is 0.